The van der Waals surface area contributed by atoms with E-state index in [1.807, 2.05) is 24.0 Å². The van der Waals surface area contributed by atoms with Crippen LogP contribution in [0.1, 0.15) is 6.92 Å². The topological polar surface area (TPSA) is 34.0 Å². The number of nitrogens with zero attached hydrogens (tertiary/aromatic N) is 1. The highest BCUT2D eigenvalue weighted by atomic mass is 16.1. The molecule has 0 amide bonds. The molecule has 0 spiro atoms. The summed E-state index contributed by atoms with van der Waals surface area (Å²) in [7, 11) is 1.95. The van der Waals surface area contributed by atoms with E-state index in [1.54, 1.807) is 12.1 Å². The molecule has 3 nitrogen and oxygen atoms in total. The van der Waals surface area contributed by atoms with Gasteiger partial charge in [0, 0.05) is 31.1 Å². The zero-order valence-corrected chi connectivity index (χ0v) is 8.16. The molecule has 1 N–H and O–H groups in total. The highest BCUT2D eigenvalue weighted by Gasteiger charge is 1.99. The van der Waals surface area contributed by atoms with Crippen LogP contribution >= 0.6 is 0 Å². The summed E-state index contributed by atoms with van der Waals surface area (Å²) in [5.41, 5.74) is 0.0671. The Kier molecular flexibility index (Phi) is 3.71. The minimum absolute atomic E-state index is 0.0671. The summed E-state index contributed by atoms with van der Waals surface area (Å²) in [5.74, 6) is 0.576. The summed E-state index contributed by atoms with van der Waals surface area (Å²) in [5, 5.41) is 3.12. The van der Waals surface area contributed by atoms with Crippen LogP contribution in [0, 0.1) is 5.92 Å². The molecule has 72 valence electrons. The van der Waals surface area contributed by atoms with E-state index in [0.717, 1.165) is 13.1 Å². The summed E-state index contributed by atoms with van der Waals surface area (Å²) in [6, 6.07) is 3.18. The molecule has 1 unspecified atom stereocenters. The summed E-state index contributed by atoms with van der Waals surface area (Å²) >= 11 is 0. The number of pyridine rings is 1. The van der Waals surface area contributed by atoms with Crippen molar-refractivity contribution in [2.45, 2.75) is 13.5 Å². The molecule has 0 saturated carbocycles. The Labute approximate surface area is 78.4 Å². The van der Waals surface area contributed by atoms with Crippen LogP contribution in [0.2, 0.25) is 0 Å². The Hall–Kier alpha value is -1.09. The van der Waals surface area contributed by atoms with Crippen molar-refractivity contribution in [1.29, 1.82) is 0 Å². The van der Waals surface area contributed by atoms with E-state index in [2.05, 4.69) is 12.2 Å². The normalized spacial score (nSPS) is 12.8. The van der Waals surface area contributed by atoms with E-state index in [0.29, 0.717) is 5.92 Å². The van der Waals surface area contributed by atoms with Crippen LogP contribution in [0.15, 0.2) is 29.3 Å². The van der Waals surface area contributed by atoms with Gasteiger partial charge in [-0.05, 0) is 19.5 Å². The smallest absolute Gasteiger partial charge is 0.181 e. The van der Waals surface area contributed by atoms with Gasteiger partial charge in [-0.15, -0.1) is 0 Å². The average molecular weight is 180 g/mol. The van der Waals surface area contributed by atoms with Gasteiger partial charge in [0.1, 0.15) is 0 Å². The molecule has 1 heterocycles. The zero-order valence-electron chi connectivity index (χ0n) is 8.16. The number of hydrogen-bond donors (Lipinski definition) is 1. The largest absolute Gasteiger partial charge is 0.354 e. The maximum atomic E-state index is 10.8. The van der Waals surface area contributed by atoms with Crippen molar-refractivity contribution in [3.05, 3.63) is 34.7 Å². The first kappa shape index (κ1) is 9.99. The Morgan fingerprint density at radius 2 is 2.08 bits per heavy atom. The molecule has 1 aromatic rings. The summed E-state index contributed by atoms with van der Waals surface area (Å²) in [4.78, 5) is 10.8. The van der Waals surface area contributed by atoms with E-state index in [4.69, 9.17) is 0 Å². The fraction of sp³-hybridized carbons (Fsp3) is 0.500. The lowest BCUT2D eigenvalue weighted by Crippen LogP contribution is -2.20. The monoisotopic (exact) mass is 180 g/mol. The Balaban J connectivity index is 2.54. The van der Waals surface area contributed by atoms with E-state index >= 15 is 0 Å². The lowest BCUT2D eigenvalue weighted by Gasteiger charge is -2.12. The van der Waals surface area contributed by atoms with Crippen molar-refractivity contribution in [1.82, 2.24) is 9.88 Å². The van der Waals surface area contributed by atoms with Gasteiger partial charge in [0.05, 0.1) is 0 Å². The molecule has 0 fully saturated rings. The molecule has 0 radical (unpaired) electrons. The molecule has 0 aromatic carbocycles. The number of aromatic nitrogens is 1. The van der Waals surface area contributed by atoms with E-state index < -0.39 is 0 Å². The van der Waals surface area contributed by atoms with Gasteiger partial charge in [0.25, 0.3) is 0 Å². The molecule has 0 bridgehead atoms. The molecule has 1 rings (SSSR count). The van der Waals surface area contributed by atoms with Crippen LogP contribution in [0.25, 0.3) is 0 Å². The minimum atomic E-state index is 0.0671. The molecule has 0 saturated heterocycles. The maximum Gasteiger partial charge on any atom is 0.181 e. The molecule has 0 aliphatic heterocycles. The molecule has 0 aliphatic rings. The molecule has 1 aromatic heterocycles. The van der Waals surface area contributed by atoms with Crippen molar-refractivity contribution in [2.24, 2.45) is 5.92 Å². The predicted molar refractivity (Wildman–Crippen MR) is 53.8 cm³/mol. The lowest BCUT2D eigenvalue weighted by molar-refractivity contribution is 0.461. The van der Waals surface area contributed by atoms with Crippen LogP contribution in [-0.2, 0) is 6.54 Å². The Morgan fingerprint density at radius 3 is 2.62 bits per heavy atom. The van der Waals surface area contributed by atoms with E-state index in [-0.39, 0.29) is 5.43 Å². The van der Waals surface area contributed by atoms with Crippen molar-refractivity contribution in [3.8, 4) is 0 Å². The fourth-order valence-corrected chi connectivity index (χ4v) is 1.34. The highest BCUT2D eigenvalue weighted by Crippen LogP contribution is 1.97. The first-order valence-corrected chi connectivity index (χ1v) is 4.53. The van der Waals surface area contributed by atoms with Crippen molar-refractivity contribution in [2.75, 3.05) is 13.6 Å². The average Bonchev–Trinajstić information content (AvgIpc) is 2.09. The van der Waals surface area contributed by atoms with Gasteiger partial charge in [-0.3, -0.25) is 4.79 Å². The third kappa shape index (κ3) is 3.42. The van der Waals surface area contributed by atoms with Crippen LogP contribution < -0.4 is 10.7 Å². The van der Waals surface area contributed by atoms with Crippen LogP contribution in [-0.4, -0.2) is 18.2 Å². The van der Waals surface area contributed by atoms with Gasteiger partial charge >= 0.3 is 0 Å². The highest BCUT2D eigenvalue weighted by molar-refractivity contribution is 4.93. The molecule has 3 heteroatoms. The van der Waals surface area contributed by atoms with E-state index in [1.165, 1.54) is 0 Å². The van der Waals surface area contributed by atoms with Gasteiger partial charge in [-0.25, -0.2) is 0 Å². The number of hydrogen-bond acceptors (Lipinski definition) is 2. The van der Waals surface area contributed by atoms with Gasteiger partial charge in [-0.2, -0.15) is 0 Å². The van der Waals surface area contributed by atoms with E-state index in [9.17, 15) is 4.79 Å². The Morgan fingerprint density at radius 1 is 1.46 bits per heavy atom. The Bertz CT molecular complexity index is 286. The minimum Gasteiger partial charge on any atom is -0.354 e. The molecular formula is C10H16N2O. The quantitative estimate of drug-likeness (QED) is 0.740. The first-order chi connectivity index (χ1) is 6.22. The second kappa shape index (κ2) is 4.82. The number of rotatable bonds is 4. The third-order valence-corrected chi connectivity index (χ3v) is 1.94. The first-order valence-electron chi connectivity index (χ1n) is 4.53. The van der Waals surface area contributed by atoms with Gasteiger partial charge in [0.15, 0.2) is 5.43 Å². The fourth-order valence-electron chi connectivity index (χ4n) is 1.34. The van der Waals surface area contributed by atoms with Gasteiger partial charge in [-0.1, -0.05) is 6.92 Å². The predicted octanol–water partition coefficient (Wildman–Crippen LogP) is 0.704. The summed E-state index contributed by atoms with van der Waals surface area (Å²) < 4.78 is 2.03. The zero-order chi connectivity index (χ0) is 9.68. The number of nitrogens with one attached hydrogen (secondary N) is 1. The third-order valence-electron chi connectivity index (χ3n) is 1.94. The van der Waals surface area contributed by atoms with Crippen LogP contribution in [0.4, 0.5) is 0 Å². The molecule has 1 atom stereocenters. The van der Waals surface area contributed by atoms with Crippen LogP contribution in [0.5, 0.6) is 0 Å². The van der Waals surface area contributed by atoms with Crippen molar-refractivity contribution < 1.29 is 0 Å². The SMILES string of the molecule is CNCC(C)Cn1ccc(=O)cc1. The molecule has 13 heavy (non-hydrogen) atoms. The second-order valence-electron chi connectivity index (χ2n) is 3.39. The standard InChI is InChI=1S/C10H16N2O/c1-9(7-11-2)8-12-5-3-10(13)4-6-12/h3-6,9,11H,7-8H2,1-2H3. The van der Waals surface area contributed by atoms with Crippen molar-refractivity contribution >= 4 is 0 Å². The second-order valence-corrected chi connectivity index (χ2v) is 3.39. The van der Waals surface area contributed by atoms with Gasteiger partial charge < -0.3 is 9.88 Å². The molecule has 0 aliphatic carbocycles. The lowest BCUT2D eigenvalue weighted by atomic mass is 10.2. The summed E-state index contributed by atoms with van der Waals surface area (Å²) in [6.45, 7) is 4.11. The summed E-state index contributed by atoms with van der Waals surface area (Å²) in [6.07, 6.45) is 3.66. The van der Waals surface area contributed by atoms with Crippen molar-refractivity contribution in [3.63, 3.8) is 0 Å². The van der Waals surface area contributed by atoms with Crippen LogP contribution in [0.3, 0.4) is 0 Å². The molecular weight excluding hydrogens is 164 g/mol. The maximum absolute atomic E-state index is 10.8. The van der Waals surface area contributed by atoms with Gasteiger partial charge in [0.2, 0.25) is 0 Å².